The number of imide groups is 1. The summed E-state index contributed by atoms with van der Waals surface area (Å²) in [5.74, 6) is 0.000171. The molecule has 1 aliphatic heterocycles. The highest BCUT2D eigenvalue weighted by molar-refractivity contribution is 9.09. The van der Waals surface area contributed by atoms with Crippen LogP contribution in [0.1, 0.15) is 46.0 Å². The van der Waals surface area contributed by atoms with Gasteiger partial charge in [-0.25, -0.2) is 0 Å². The van der Waals surface area contributed by atoms with Crippen molar-refractivity contribution in [2.45, 2.75) is 46.0 Å². The second-order valence-corrected chi connectivity index (χ2v) is 6.00. The van der Waals surface area contributed by atoms with E-state index in [-0.39, 0.29) is 17.2 Å². The number of alkyl halides is 1. The molecule has 0 atom stereocenters. The number of likely N-dealkylation sites (tertiary alicyclic amines) is 1. The van der Waals surface area contributed by atoms with E-state index in [2.05, 4.69) is 15.9 Å². The molecular formula is C12H20BrNO2. The van der Waals surface area contributed by atoms with Gasteiger partial charge in [0, 0.05) is 24.7 Å². The van der Waals surface area contributed by atoms with Gasteiger partial charge >= 0.3 is 0 Å². The van der Waals surface area contributed by atoms with Crippen LogP contribution >= 0.6 is 15.9 Å². The molecule has 1 aliphatic rings. The number of nitrogens with zero attached hydrogens (tertiary/aromatic N) is 1. The van der Waals surface area contributed by atoms with E-state index in [1.54, 1.807) is 0 Å². The lowest BCUT2D eigenvalue weighted by Crippen LogP contribution is -2.46. The lowest BCUT2D eigenvalue weighted by molar-refractivity contribution is -0.152. The van der Waals surface area contributed by atoms with Crippen LogP contribution in [0.2, 0.25) is 0 Å². The zero-order chi connectivity index (χ0) is 12.2. The first-order chi connectivity index (χ1) is 7.46. The molecule has 3 nitrogen and oxygen atoms in total. The smallest absolute Gasteiger partial charge is 0.229 e. The molecule has 0 unspecified atom stereocenters. The van der Waals surface area contributed by atoms with Crippen molar-refractivity contribution in [3.63, 3.8) is 0 Å². The van der Waals surface area contributed by atoms with Gasteiger partial charge in [-0.15, -0.1) is 0 Å². The second kappa shape index (κ2) is 5.80. The van der Waals surface area contributed by atoms with Crippen LogP contribution in [-0.4, -0.2) is 28.6 Å². The van der Waals surface area contributed by atoms with Gasteiger partial charge in [-0.3, -0.25) is 14.5 Å². The Morgan fingerprint density at radius 1 is 1.12 bits per heavy atom. The molecule has 1 heterocycles. The number of carbonyl (C=O) groups is 2. The molecule has 0 aromatic rings. The van der Waals surface area contributed by atoms with Crippen molar-refractivity contribution in [1.82, 2.24) is 4.90 Å². The Labute approximate surface area is 106 Å². The fourth-order valence-electron chi connectivity index (χ4n) is 2.00. The van der Waals surface area contributed by atoms with Crippen LogP contribution in [0, 0.1) is 5.41 Å². The minimum Gasteiger partial charge on any atom is -0.283 e. The molecule has 1 rings (SSSR count). The van der Waals surface area contributed by atoms with E-state index in [0.29, 0.717) is 19.4 Å². The van der Waals surface area contributed by atoms with Crippen LogP contribution in [0.5, 0.6) is 0 Å². The Bertz CT molecular complexity index is 256. The SMILES string of the molecule is CC1(C)CC(=O)N(CCCCCBr)C(=O)C1. The molecule has 16 heavy (non-hydrogen) atoms. The van der Waals surface area contributed by atoms with Gasteiger partial charge in [0.05, 0.1) is 0 Å². The predicted molar refractivity (Wildman–Crippen MR) is 67.4 cm³/mol. The van der Waals surface area contributed by atoms with E-state index in [1.165, 1.54) is 4.90 Å². The van der Waals surface area contributed by atoms with E-state index in [4.69, 9.17) is 0 Å². The van der Waals surface area contributed by atoms with Gasteiger partial charge < -0.3 is 0 Å². The van der Waals surface area contributed by atoms with Gasteiger partial charge in [-0.05, 0) is 18.3 Å². The molecule has 4 heteroatoms. The number of unbranched alkanes of at least 4 members (excludes halogenated alkanes) is 2. The maximum atomic E-state index is 11.8. The number of carbonyl (C=O) groups excluding carboxylic acids is 2. The Morgan fingerprint density at radius 2 is 1.69 bits per heavy atom. The van der Waals surface area contributed by atoms with Crippen LogP contribution in [-0.2, 0) is 9.59 Å². The summed E-state index contributed by atoms with van der Waals surface area (Å²) in [7, 11) is 0. The topological polar surface area (TPSA) is 37.4 Å². The molecule has 0 N–H and O–H groups in total. The minimum atomic E-state index is -0.152. The summed E-state index contributed by atoms with van der Waals surface area (Å²) in [6, 6.07) is 0. The van der Waals surface area contributed by atoms with Crippen molar-refractivity contribution >= 4 is 27.7 Å². The quantitative estimate of drug-likeness (QED) is 0.443. The van der Waals surface area contributed by atoms with E-state index >= 15 is 0 Å². The first-order valence-electron chi connectivity index (χ1n) is 5.85. The Hall–Kier alpha value is -0.380. The molecule has 1 saturated heterocycles. The normalized spacial score (nSPS) is 20.3. The molecule has 0 radical (unpaired) electrons. The van der Waals surface area contributed by atoms with Crippen molar-refractivity contribution in [2.75, 3.05) is 11.9 Å². The number of hydrogen-bond donors (Lipinski definition) is 0. The summed E-state index contributed by atoms with van der Waals surface area (Å²) in [6.07, 6.45) is 4.07. The zero-order valence-corrected chi connectivity index (χ0v) is 11.7. The molecule has 0 aromatic carbocycles. The van der Waals surface area contributed by atoms with E-state index in [0.717, 1.165) is 24.6 Å². The lowest BCUT2D eigenvalue weighted by Gasteiger charge is -2.34. The third-order valence-electron chi connectivity index (χ3n) is 2.88. The average molecular weight is 290 g/mol. The molecule has 2 amide bonds. The summed E-state index contributed by atoms with van der Waals surface area (Å²) in [4.78, 5) is 25.0. The molecule has 1 fully saturated rings. The van der Waals surface area contributed by atoms with Gasteiger partial charge in [-0.1, -0.05) is 36.2 Å². The van der Waals surface area contributed by atoms with Crippen LogP contribution in [0.15, 0.2) is 0 Å². The van der Waals surface area contributed by atoms with Crippen molar-refractivity contribution in [3.8, 4) is 0 Å². The summed E-state index contributed by atoms with van der Waals surface area (Å²) in [5, 5.41) is 0.988. The Morgan fingerprint density at radius 3 is 2.19 bits per heavy atom. The molecule has 0 aliphatic carbocycles. The fourth-order valence-corrected chi connectivity index (χ4v) is 2.40. The first-order valence-corrected chi connectivity index (χ1v) is 6.97. The summed E-state index contributed by atoms with van der Waals surface area (Å²) in [5.41, 5.74) is -0.152. The van der Waals surface area contributed by atoms with Crippen molar-refractivity contribution in [2.24, 2.45) is 5.41 Å². The third kappa shape index (κ3) is 3.89. The molecule has 0 saturated carbocycles. The average Bonchev–Trinajstić information content (AvgIpc) is 2.13. The monoisotopic (exact) mass is 289 g/mol. The maximum Gasteiger partial charge on any atom is 0.229 e. The van der Waals surface area contributed by atoms with E-state index in [1.807, 2.05) is 13.8 Å². The number of piperidine rings is 1. The van der Waals surface area contributed by atoms with Gasteiger partial charge in [0.25, 0.3) is 0 Å². The Kier molecular flexibility index (Phi) is 4.96. The second-order valence-electron chi connectivity index (χ2n) is 5.21. The number of rotatable bonds is 5. The predicted octanol–water partition coefficient (Wildman–Crippen LogP) is 2.73. The molecule has 0 aromatic heterocycles. The van der Waals surface area contributed by atoms with Crippen LogP contribution in [0.3, 0.4) is 0 Å². The van der Waals surface area contributed by atoms with Crippen molar-refractivity contribution in [1.29, 1.82) is 0 Å². The highest BCUT2D eigenvalue weighted by Crippen LogP contribution is 2.31. The summed E-state index contributed by atoms with van der Waals surface area (Å²) in [6.45, 7) is 4.55. The van der Waals surface area contributed by atoms with Crippen molar-refractivity contribution < 1.29 is 9.59 Å². The number of amides is 2. The molecular weight excluding hydrogens is 270 g/mol. The zero-order valence-electron chi connectivity index (χ0n) is 10.1. The van der Waals surface area contributed by atoms with Gasteiger partial charge in [0.1, 0.15) is 0 Å². The largest absolute Gasteiger partial charge is 0.283 e. The highest BCUT2D eigenvalue weighted by atomic mass is 79.9. The number of halogens is 1. The summed E-state index contributed by atoms with van der Waals surface area (Å²) < 4.78 is 0. The van der Waals surface area contributed by atoms with Crippen LogP contribution in [0.25, 0.3) is 0 Å². The first kappa shape index (κ1) is 13.7. The van der Waals surface area contributed by atoms with E-state index in [9.17, 15) is 9.59 Å². The van der Waals surface area contributed by atoms with E-state index < -0.39 is 0 Å². The number of hydrogen-bond acceptors (Lipinski definition) is 2. The van der Waals surface area contributed by atoms with Crippen LogP contribution in [0.4, 0.5) is 0 Å². The lowest BCUT2D eigenvalue weighted by atomic mass is 9.82. The van der Waals surface area contributed by atoms with Crippen LogP contribution < -0.4 is 0 Å². The Balaban J connectivity index is 2.42. The molecule has 0 spiro atoms. The van der Waals surface area contributed by atoms with Gasteiger partial charge in [-0.2, -0.15) is 0 Å². The fraction of sp³-hybridized carbons (Fsp3) is 0.833. The molecule has 0 bridgehead atoms. The van der Waals surface area contributed by atoms with Gasteiger partial charge in [0.2, 0.25) is 11.8 Å². The highest BCUT2D eigenvalue weighted by Gasteiger charge is 2.36. The third-order valence-corrected chi connectivity index (χ3v) is 3.44. The van der Waals surface area contributed by atoms with Gasteiger partial charge in [0.15, 0.2) is 0 Å². The maximum absolute atomic E-state index is 11.8. The van der Waals surface area contributed by atoms with Crippen molar-refractivity contribution in [3.05, 3.63) is 0 Å². The standard InChI is InChI=1S/C12H20BrNO2/c1-12(2)8-10(15)14(11(16)9-12)7-5-3-4-6-13/h3-9H2,1-2H3. The summed E-state index contributed by atoms with van der Waals surface area (Å²) >= 11 is 3.37. The minimum absolute atomic E-state index is 0.0000854. The molecule has 92 valence electrons.